The van der Waals surface area contributed by atoms with Crippen molar-refractivity contribution in [3.63, 3.8) is 0 Å². The number of hydrogen-bond acceptors (Lipinski definition) is 4. The van der Waals surface area contributed by atoms with E-state index >= 15 is 0 Å². The molecule has 3 nitrogen and oxygen atoms in total. The van der Waals surface area contributed by atoms with E-state index < -0.39 is 0 Å². The molecule has 0 aliphatic heterocycles. The molecule has 0 aliphatic rings. The zero-order valence-corrected chi connectivity index (χ0v) is 9.78. The van der Waals surface area contributed by atoms with E-state index in [4.69, 9.17) is 0 Å². The van der Waals surface area contributed by atoms with Crippen LogP contribution >= 0.6 is 11.3 Å². The third kappa shape index (κ3) is 2.46. The molecule has 0 aliphatic carbocycles. The zero-order valence-electron chi connectivity index (χ0n) is 8.96. The Balaban J connectivity index is 2.08. The highest BCUT2D eigenvalue weighted by Gasteiger charge is 2.05. The Morgan fingerprint density at radius 2 is 2.31 bits per heavy atom. The summed E-state index contributed by atoms with van der Waals surface area (Å²) in [6, 6.07) is 7.77. The lowest BCUT2D eigenvalue weighted by atomic mass is 10.3. The van der Waals surface area contributed by atoms with Crippen LogP contribution in [0.2, 0.25) is 0 Å². The molecule has 0 fully saturated rings. The molecule has 0 bridgehead atoms. The van der Waals surface area contributed by atoms with E-state index in [1.54, 1.807) is 6.20 Å². The Morgan fingerprint density at radius 3 is 2.94 bits per heavy atom. The van der Waals surface area contributed by atoms with Crippen molar-refractivity contribution >= 4 is 22.6 Å². The van der Waals surface area contributed by atoms with Gasteiger partial charge in [0.25, 0.3) is 0 Å². The predicted molar refractivity (Wildman–Crippen MR) is 66.1 cm³/mol. The number of carbonyl (C=O) groups is 1. The Kier molecular flexibility index (Phi) is 3.31. The van der Waals surface area contributed by atoms with Gasteiger partial charge in [0.2, 0.25) is 0 Å². The summed E-state index contributed by atoms with van der Waals surface area (Å²) >= 11 is 1.50. The number of aromatic nitrogens is 1. The molecule has 2 aromatic rings. The predicted octanol–water partition coefficient (Wildman–Crippen LogP) is 2.59. The second-order valence-electron chi connectivity index (χ2n) is 3.51. The molecule has 0 atom stereocenters. The Bertz CT molecular complexity index is 467. The highest BCUT2D eigenvalue weighted by molar-refractivity contribution is 7.17. The van der Waals surface area contributed by atoms with Crippen molar-refractivity contribution in [2.75, 3.05) is 11.9 Å². The molecule has 2 rings (SSSR count). The number of nitrogens with zero attached hydrogens (tertiary/aromatic N) is 2. The van der Waals surface area contributed by atoms with Crippen LogP contribution in [-0.4, -0.2) is 18.3 Å². The molecule has 0 aromatic carbocycles. The monoisotopic (exact) mass is 232 g/mol. The van der Waals surface area contributed by atoms with Crippen molar-refractivity contribution in [2.24, 2.45) is 0 Å². The molecule has 0 saturated heterocycles. The Labute approximate surface area is 98.4 Å². The summed E-state index contributed by atoms with van der Waals surface area (Å²) in [6.45, 7) is 0.798. The third-order valence-electron chi connectivity index (χ3n) is 2.25. The maximum Gasteiger partial charge on any atom is 0.160 e. The Hall–Kier alpha value is -1.68. The number of anilines is 1. The van der Waals surface area contributed by atoms with Gasteiger partial charge in [0.15, 0.2) is 6.29 Å². The van der Waals surface area contributed by atoms with Gasteiger partial charge in [-0.15, -0.1) is 11.3 Å². The fraction of sp³-hybridized carbons (Fsp3) is 0.167. The van der Waals surface area contributed by atoms with E-state index in [1.807, 2.05) is 37.5 Å². The first-order chi connectivity index (χ1) is 7.79. The van der Waals surface area contributed by atoms with Crippen LogP contribution in [0.4, 0.5) is 5.00 Å². The van der Waals surface area contributed by atoms with Gasteiger partial charge in [0.05, 0.1) is 9.88 Å². The van der Waals surface area contributed by atoms with Crippen molar-refractivity contribution in [2.45, 2.75) is 6.54 Å². The SMILES string of the molecule is CN(Cc1cccnc1)c1ccc(C=O)s1. The van der Waals surface area contributed by atoms with Gasteiger partial charge in [-0.3, -0.25) is 9.78 Å². The minimum Gasteiger partial charge on any atom is -0.362 e. The standard InChI is InChI=1S/C12H12N2OS/c1-14(8-10-3-2-6-13-7-10)12-5-4-11(9-15)16-12/h2-7,9H,8H2,1H3. The van der Waals surface area contributed by atoms with E-state index in [9.17, 15) is 4.79 Å². The van der Waals surface area contributed by atoms with Crippen molar-refractivity contribution in [1.29, 1.82) is 0 Å². The fourth-order valence-corrected chi connectivity index (χ4v) is 2.24. The quantitative estimate of drug-likeness (QED) is 0.760. The highest BCUT2D eigenvalue weighted by Crippen LogP contribution is 2.24. The lowest BCUT2D eigenvalue weighted by Gasteiger charge is -2.16. The summed E-state index contributed by atoms with van der Waals surface area (Å²) in [4.78, 5) is 17.5. The van der Waals surface area contributed by atoms with Gasteiger partial charge in [-0.2, -0.15) is 0 Å². The van der Waals surface area contributed by atoms with Gasteiger partial charge >= 0.3 is 0 Å². The highest BCUT2D eigenvalue weighted by atomic mass is 32.1. The lowest BCUT2D eigenvalue weighted by Crippen LogP contribution is -2.14. The molecule has 0 amide bonds. The van der Waals surface area contributed by atoms with Gasteiger partial charge in [-0.1, -0.05) is 6.07 Å². The van der Waals surface area contributed by atoms with Gasteiger partial charge in [0, 0.05) is 26.0 Å². The van der Waals surface area contributed by atoms with E-state index in [1.165, 1.54) is 11.3 Å². The molecule has 0 unspecified atom stereocenters. The third-order valence-corrected chi connectivity index (χ3v) is 3.37. The van der Waals surface area contributed by atoms with Crippen molar-refractivity contribution in [1.82, 2.24) is 4.98 Å². The molecule has 0 spiro atoms. The van der Waals surface area contributed by atoms with Crippen LogP contribution < -0.4 is 4.90 Å². The molecule has 0 N–H and O–H groups in total. The fourth-order valence-electron chi connectivity index (χ4n) is 1.45. The van der Waals surface area contributed by atoms with Gasteiger partial charge in [-0.25, -0.2) is 0 Å². The van der Waals surface area contributed by atoms with Crippen molar-refractivity contribution < 1.29 is 4.79 Å². The number of thiophene rings is 1. The van der Waals surface area contributed by atoms with Crippen LogP contribution in [0.15, 0.2) is 36.7 Å². The van der Waals surface area contributed by atoms with Gasteiger partial charge in [-0.05, 0) is 23.8 Å². The first kappa shape index (κ1) is 10.8. The largest absolute Gasteiger partial charge is 0.362 e. The molecule has 2 heterocycles. The smallest absolute Gasteiger partial charge is 0.160 e. The first-order valence-corrected chi connectivity index (χ1v) is 5.76. The lowest BCUT2D eigenvalue weighted by molar-refractivity contribution is 0.112. The molecular formula is C12H12N2OS. The molecule has 0 radical (unpaired) electrons. The maximum atomic E-state index is 10.6. The molecule has 82 valence electrons. The molecule has 4 heteroatoms. The number of rotatable bonds is 4. The number of hydrogen-bond donors (Lipinski definition) is 0. The topological polar surface area (TPSA) is 33.2 Å². The summed E-state index contributed by atoms with van der Waals surface area (Å²) in [5.74, 6) is 0. The molecular weight excluding hydrogens is 220 g/mol. The normalized spacial score (nSPS) is 10.1. The van der Waals surface area contributed by atoms with E-state index in [-0.39, 0.29) is 0 Å². The van der Waals surface area contributed by atoms with Crippen molar-refractivity contribution in [3.8, 4) is 0 Å². The minimum absolute atomic E-state index is 0.757. The summed E-state index contributed by atoms with van der Waals surface area (Å²) in [5, 5.41) is 1.09. The second kappa shape index (κ2) is 4.90. The van der Waals surface area contributed by atoms with Crippen LogP contribution in [0.1, 0.15) is 15.2 Å². The molecule has 16 heavy (non-hydrogen) atoms. The number of aldehydes is 1. The first-order valence-electron chi connectivity index (χ1n) is 4.94. The van der Waals surface area contributed by atoms with Crippen LogP contribution in [0.5, 0.6) is 0 Å². The summed E-state index contributed by atoms with van der Waals surface area (Å²) in [5.41, 5.74) is 1.16. The van der Waals surface area contributed by atoms with Gasteiger partial charge in [0.1, 0.15) is 0 Å². The number of pyridine rings is 1. The average Bonchev–Trinajstić information content (AvgIpc) is 2.79. The zero-order chi connectivity index (χ0) is 11.4. The molecule has 2 aromatic heterocycles. The van der Waals surface area contributed by atoms with Crippen molar-refractivity contribution in [3.05, 3.63) is 47.1 Å². The summed E-state index contributed by atoms with van der Waals surface area (Å²) in [7, 11) is 2.01. The van der Waals surface area contributed by atoms with E-state index in [2.05, 4.69) is 9.88 Å². The van der Waals surface area contributed by atoms with E-state index in [0.29, 0.717) is 0 Å². The second-order valence-corrected chi connectivity index (χ2v) is 4.60. The van der Waals surface area contributed by atoms with Crippen LogP contribution in [0, 0.1) is 0 Å². The van der Waals surface area contributed by atoms with Crippen LogP contribution in [0.3, 0.4) is 0 Å². The Morgan fingerprint density at radius 1 is 1.44 bits per heavy atom. The van der Waals surface area contributed by atoms with Crippen LogP contribution in [0.25, 0.3) is 0 Å². The summed E-state index contributed by atoms with van der Waals surface area (Å²) in [6.07, 6.45) is 4.50. The van der Waals surface area contributed by atoms with E-state index in [0.717, 1.165) is 28.3 Å². The van der Waals surface area contributed by atoms with Gasteiger partial charge < -0.3 is 4.90 Å². The number of carbonyl (C=O) groups excluding carboxylic acids is 1. The van der Waals surface area contributed by atoms with Crippen LogP contribution in [-0.2, 0) is 6.54 Å². The average molecular weight is 232 g/mol. The molecule has 0 saturated carbocycles. The maximum absolute atomic E-state index is 10.6. The summed E-state index contributed by atoms with van der Waals surface area (Å²) < 4.78 is 0. The minimum atomic E-state index is 0.757.